The van der Waals surface area contributed by atoms with Crippen molar-refractivity contribution in [2.24, 2.45) is 23.7 Å². The van der Waals surface area contributed by atoms with E-state index >= 15 is 0 Å². The van der Waals surface area contributed by atoms with Gasteiger partial charge in [0.15, 0.2) is 0 Å². The molecule has 0 aromatic carbocycles. The van der Waals surface area contributed by atoms with E-state index in [0.29, 0.717) is 18.8 Å². The molecule has 0 atom stereocenters. The van der Waals surface area contributed by atoms with Gasteiger partial charge in [0.05, 0.1) is 6.07 Å². The highest BCUT2D eigenvalue weighted by Crippen LogP contribution is 2.49. The van der Waals surface area contributed by atoms with Crippen molar-refractivity contribution in [1.29, 1.82) is 5.26 Å². The summed E-state index contributed by atoms with van der Waals surface area (Å²) in [5.41, 5.74) is 0. The minimum Gasteiger partial charge on any atom is -0.198 e. The second-order valence-electron chi connectivity index (χ2n) is 6.47. The van der Waals surface area contributed by atoms with Gasteiger partial charge in [-0.05, 0) is 63.2 Å². The lowest BCUT2D eigenvalue weighted by Crippen LogP contribution is -2.45. The van der Waals surface area contributed by atoms with Crippen LogP contribution in [0.2, 0.25) is 0 Å². The van der Waals surface area contributed by atoms with Crippen LogP contribution in [0.1, 0.15) is 51.4 Å². The van der Waals surface area contributed by atoms with Gasteiger partial charge in [-0.15, -0.1) is 0 Å². The Balaban J connectivity index is 1.86. The number of nitrogens with zero attached hydrogens (tertiary/aromatic N) is 1. The number of alkyl halides is 5. The molecular formula is C15H20F5N. The molecule has 21 heavy (non-hydrogen) atoms. The molecule has 2 aliphatic rings. The summed E-state index contributed by atoms with van der Waals surface area (Å²) in [6.45, 7) is 0. The van der Waals surface area contributed by atoms with Gasteiger partial charge in [-0.2, -0.15) is 27.2 Å². The van der Waals surface area contributed by atoms with Gasteiger partial charge in [-0.25, -0.2) is 0 Å². The normalized spacial score (nSPS) is 35.2. The van der Waals surface area contributed by atoms with E-state index in [-0.39, 0.29) is 24.7 Å². The molecule has 0 N–H and O–H groups in total. The number of nitriles is 1. The summed E-state index contributed by atoms with van der Waals surface area (Å²) in [6.07, 6.45) is -1.14. The van der Waals surface area contributed by atoms with Crippen LogP contribution in [0.25, 0.3) is 0 Å². The van der Waals surface area contributed by atoms with Crippen LogP contribution < -0.4 is 0 Å². The lowest BCUT2D eigenvalue weighted by atomic mass is 9.68. The van der Waals surface area contributed by atoms with Crippen LogP contribution in [0.3, 0.4) is 0 Å². The zero-order chi connectivity index (χ0) is 15.7. The average Bonchev–Trinajstić information content (AvgIpc) is 2.46. The minimum absolute atomic E-state index is 0.0463. The molecule has 0 saturated heterocycles. The van der Waals surface area contributed by atoms with E-state index in [2.05, 4.69) is 6.07 Å². The summed E-state index contributed by atoms with van der Waals surface area (Å²) < 4.78 is 63.8. The van der Waals surface area contributed by atoms with Crippen LogP contribution in [0, 0.1) is 35.0 Å². The average molecular weight is 309 g/mol. The zero-order valence-electron chi connectivity index (χ0n) is 11.8. The van der Waals surface area contributed by atoms with Gasteiger partial charge in [0.2, 0.25) is 0 Å². The van der Waals surface area contributed by atoms with E-state index < -0.39 is 18.0 Å². The fourth-order valence-electron chi connectivity index (χ4n) is 3.90. The quantitative estimate of drug-likeness (QED) is 0.633. The van der Waals surface area contributed by atoms with Gasteiger partial charge in [0, 0.05) is 11.8 Å². The lowest BCUT2D eigenvalue weighted by Gasteiger charge is -2.39. The van der Waals surface area contributed by atoms with Crippen molar-refractivity contribution in [3.8, 4) is 6.07 Å². The van der Waals surface area contributed by atoms with Gasteiger partial charge in [-0.3, -0.25) is 0 Å². The van der Waals surface area contributed by atoms with Crippen molar-refractivity contribution >= 4 is 0 Å². The molecule has 6 heteroatoms. The summed E-state index contributed by atoms with van der Waals surface area (Å²) in [4.78, 5) is 0. The molecule has 2 fully saturated rings. The summed E-state index contributed by atoms with van der Waals surface area (Å²) in [5, 5.41) is 8.85. The maximum absolute atomic E-state index is 13.3. The van der Waals surface area contributed by atoms with Crippen LogP contribution in [0.5, 0.6) is 0 Å². The highest BCUT2D eigenvalue weighted by atomic mass is 19.4. The predicted molar refractivity (Wildman–Crippen MR) is 67.5 cm³/mol. The van der Waals surface area contributed by atoms with Crippen molar-refractivity contribution in [2.45, 2.75) is 63.5 Å². The first-order valence-corrected chi connectivity index (χ1v) is 7.60. The zero-order valence-corrected chi connectivity index (χ0v) is 11.8. The number of hydrogen-bond donors (Lipinski definition) is 0. The second kappa shape index (κ2) is 6.10. The Morgan fingerprint density at radius 1 is 0.714 bits per heavy atom. The first-order valence-electron chi connectivity index (χ1n) is 7.60. The van der Waals surface area contributed by atoms with Crippen LogP contribution in [0.15, 0.2) is 0 Å². The third kappa shape index (κ3) is 3.49. The molecule has 2 aliphatic carbocycles. The molecule has 0 aromatic heterocycles. The van der Waals surface area contributed by atoms with E-state index in [1.165, 1.54) is 0 Å². The Labute approximate surface area is 121 Å². The minimum atomic E-state index is -5.44. The van der Waals surface area contributed by atoms with Crippen molar-refractivity contribution in [1.82, 2.24) is 0 Å². The Bertz CT molecular complexity index is 382. The number of hydrogen-bond acceptors (Lipinski definition) is 1. The van der Waals surface area contributed by atoms with Crippen molar-refractivity contribution < 1.29 is 22.0 Å². The smallest absolute Gasteiger partial charge is 0.198 e. The molecule has 0 bridgehead atoms. The van der Waals surface area contributed by atoms with Gasteiger partial charge < -0.3 is 0 Å². The molecule has 2 rings (SSSR count). The van der Waals surface area contributed by atoms with Crippen molar-refractivity contribution in [3.63, 3.8) is 0 Å². The molecule has 0 unspecified atom stereocenters. The van der Waals surface area contributed by atoms with E-state index in [9.17, 15) is 22.0 Å². The molecule has 0 aliphatic heterocycles. The predicted octanol–water partition coefficient (Wildman–Crippen LogP) is 5.32. The van der Waals surface area contributed by atoms with Gasteiger partial charge in [-0.1, -0.05) is 0 Å². The molecule has 0 heterocycles. The maximum atomic E-state index is 13.3. The standard InChI is InChI=1S/C15H20F5N/c16-14(17,15(18,19)20)13-7-5-12(6-8-13)11-3-1-10(9-21)2-4-11/h10-13H,1-8H2. The van der Waals surface area contributed by atoms with E-state index in [1.807, 2.05) is 0 Å². The summed E-state index contributed by atoms with van der Waals surface area (Å²) in [6, 6.07) is 2.25. The van der Waals surface area contributed by atoms with Crippen molar-refractivity contribution in [2.75, 3.05) is 0 Å². The number of halogens is 5. The number of rotatable bonds is 2. The van der Waals surface area contributed by atoms with Crippen molar-refractivity contribution in [3.05, 3.63) is 0 Å². The van der Waals surface area contributed by atoms with Crippen LogP contribution in [0.4, 0.5) is 22.0 Å². The van der Waals surface area contributed by atoms with E-state index in [0.717, 1.165) is 25.7 Å². The third-order valence-electron chi connectivity index (χ3n) is 5.28. The molecule has 120 valence electrons. The molecule has 0 amide bonds. The third-order valence-corrected chi connectivity index (χ3v) is 5.28. The molecular weight excluding hydrogens is 289 g/mol. The highest BCUT2D eigenvalue weighted by Gasteiger charge is 2.62. The highest BCUT2D eigenvalue weighted by molar-refractivity contribution is 4.92. The Hall–Kier alpha value is -0.860. The van der Waals surface area contributed by atoms with Gasteiger partial charge in [0.1, 0.15) is 0 Å². The van der Waals surface area contributed by atoms with Gasteiger partial charge in [0.25, 0.3) is 0 Å². The molecule has 1 nitrogen and oxygen atoms in total. The topological polar surface area (TPSA) is 23.8 Å². The van der Waals surface area contributed by atoms with Crippen LogP contribution in [-0.4, -0.2) is 12.1 Å². The second-order valence-corrected chi connectivity index (χ2v) is 6.47. The molecule has 0 aromatic rings. The summed E-state index contributed by atoms with van der Waals surface area (Å²) >= 11 is 0. The fraction of sp³-hybridized carbons (Fsp3) is 0.933. The Morgan fingerprint density at radius 2 is 1.14 bits per heavy atom. The summed E-state index contributed by atoms with van der Waals surface area (Å²) in [7, 11) is 0. The Kier molecular flexibility index (Phi) is 4.79. The molecule has 2 saturated carbocycles. The molecule has 0 spiro atoms. The Morgan fingerprint density at radius 3 is 1.52 bits per heavy atom. The van der Waals surface area contributed by atoms with Gasteiger partial charge >= 0.3 is 12.1 Å². The van der Waals surface area contributed by atoms with E-state index in [4.69, 9.17) is 5.26 Å². The monoisotopic (exact) mass is 309 g/mol. The lowest BCUT2D eigenvalue weighted by molar-refractivity contribution is -0.306. The first-order chi connectivity index (χ1) is 9.75. The molecule has 0 radical (unpaired) electrons. The maximum Gasteiger partial charge on any atom is 0.453 e. The fourth-order valence-corrected chi connectivity index (χ4v) is 3.90. The van der Waals surface area contributed by atoms with E-state index in [1.54, 1.807) is 0 Å². The van der Waals surface area contributed by atoms with Crippen LogP contribution in [-0.2, 0) is 0 Å². The SMILES string of the molecule is N#CC1CCC(C2CCC(C(F)(F)C(F)(F)F)CC2)CC1. The summed E-state index contributed by atoms with van der Waals surface area (Å²) in [5.74, 6) is -5.38. The largest absolute Gasteiger partial charge is 0.453 e. The van der Waals surface area contributed by atoms with Crippen LogP contribution >= 0.6 is 0 Å². The first kappa shape index (κ1) is 16.5.